The van der Waals surface area contributed by atoms with Crippen molar-refractivity contribution in [2.75, 3.05) is 5.75 Å². The molecule has 3 aromatic rings. The van der Waals surface area contributed by atoms with E-state index in [1.165, 1.54) is 43.9 Å². The number of carbonyl (C=O) groups is 1. The molecule has 0 unspecified atom stereocenters. The fourth-order valence-corrected chi connectivity index (χ4v) is 5.29. The van der Waals surface area contributed by atoms with E-state index < -0.39 is 0 Å². The third-order valence-electron chi connectivity index (χ3n) is 6.21. The van der Waals surface area contributed by atoms with E-state index in [2.05, 4.69) is 37.2 Å². The molecule has 0 spiro atoms. The van der Waals surface area contributed by atoms with E-state index in [1.807, 2.05) is 18.3 Å². The monoisotopic (exact) mass is 423 g/mol. The van der Waals surface area contributed by atoms with E-state index in [0.29, 0.717) is 17.8 Å². The van der Waals surface area contributed by atoms with Crippen LogP contribution in [0.1, 0.15) is 63.8 Å². The van der Waals surface area contributed by atoms with Gasteiger partial charge in [0.25, 0.3) is 0 Å². The molecule has 2 aromatic heterocycles. The molecule has 0 atom stereocenters. The number of benzene rings is 1. The number of thioether (sulfide) groups is 1. The molecule has 1 amide bonds. The van der Waals surface area contributed by atoms with Crippen molar-refractivity contribution in [2.45, 2.75) is 75.0 Å². The van der Waals surface area contributed by atoms with Gasteiger partial charge in [0.05, 0.1) is 5.75 Å². The molecule has 7 heteroatoms. The molecular formula is C23H29N5OS. The van der Waals surface area contributed by atoms with Crippen molar-refractivity contribution in [2.24, 2.45) is 0 Å². The van der Waals surface area contributed by atoms with E-state index in [0.717, 1.165) is 53.1 Å². The van der Waals surface area contributed by atoms with Crippen LogP contribution in [-0.2, 0) is 4.79 Å². The highest BCUT2D eigenvalue weighted by Gasteiger charge is 2.31. The summed E-state index contributed by atoms with van der Waals surface area (Å²) < 4.78 is 2.24. The zero-order valence-corrected chi connectivity index (χ0v) is 18.1. The Morgan fingerprint density at radius 2 is 1.83 bits per heavy atom. The number of H-pyrrole nitrogens is 1. The molecule has 0 radical (unpaired) electrons. The van der Waals surface area contributed by atoms with Crippen LogP contribution in [0.3, 0.4) is 0 Å². The number of hydrogen-bond acceptors (Lipinski definition) is 4. The molecule has 0 bridgehead atoms. The van der Waals surface area contributed by atoms with Crippen molar-refractivity contribution in [3.63, 3.8) is 0 Å². The first-order valence-electron chi connectivity index (χ1n) is 11.2. The maximum Gasteiger partial charge on any atom is 0.230 e. The normalized spacial score (nSPS) is 18.3. The quantitative estimate of drug-likeness (QED) is 0.542. The zero-order chi connectivity index (χ0) is 20.3. The van der Waals surface area contributed by atoms with Crippen LogP contribution in [0.25, 0.3) is 22.3 Å². The van der Waals surface area contributed by atoms with Gasteiger partial charge in [-0.15, -0.1) is 10.2 Å². The molecule has 30 heavy (non-hydrogen) atoms. The van der Waals surface area contributed by atoms with Gasteiger partial charge in [0.1, 0.15) is 0 Å². The largest absolute Gasteiger partial charge is 0.360 e. The van der Waals surface area contributed by atoms with Gasteiger partial charge in [-0.3, -0.25) is 9.36 Å². The Balaban J connectivity index is 1.29. The topological polar surface area (TPSA) is 75.6 Å². The highest BCUT2D eigenvalue weighted by Crippen LogP contribution is 2.42. The second-order valence-electron chi connectivity index (χ2n) is 8.55. The van der Waals surface area contributed by atoms with Crippen LogP contribution in [0.2, 0.25) is 0 Å². The lowest BCUT2D eigenvalue weighted by Crippen LogP contribution is -2.36. The molecule has 2 aliphatic rings. The highest BCUT2D eigenvalue weighted by molar-refractivity contribution is 7.99. The van der Waals surface area contributed by atoms with Crippen molar-refractivity contribution >= 4 is 28.6 Å². The summed E-state index contributed by atoms with van der Waals surface area (Å²) in [6.07, 6.45) is 12.9. The Bertz CT molecular complexity index is 1010. The predicted molar refractivity (Wildman–Crippen MR) is 121 cm³/mol. The average molecular weight is 424 g/mol. The molecular weight excluding hydrogens is 394 g/mol. The Hall–Kier alpha value is -2.28. The fourth-order valence-electron chi connectivity index (χ4n) is 4.48. The summed E-state index contributed by atoms with van der Waals surface area (Å²) in [7, 11) is 0. The number of amides is 1. The molecule has 2 fully saturated rings. The third kappa shape index (κ3) is 4.26. The maximum absolute atomic E-state index is 12.6. The first-order chi connectivity index (χ1) is 14.8. The summed E-state index contributed by atoms with van der Waals surface area (Å²) in [6.45, 7) is 0. The summed E-state index contributed by atoms with van der Waals surface area (Å²) in [5.41, 5.74) is 2.18. The van der Waals surface area contributed by atoms with Gasteiger partial charge in [0.15, 0.2) is 11.0 Å². The number of fused-ring (bicyclic) bond motifs is 1. The SMILES string of the molecule is O=C(CSc1nnc(-c2c[nH]c3ccccc23)n1C1CC1)NC1CCCCCCC1. The summed E-state index contributed by atoms with van der Waals surface area (Å²) in [5, 5.41) is 14.3. The lowest BCUT2D eigenvalue weighted by molar-refractivity contribution is -0.119. The highest BCUT2D eigenvalue weighted by atomic mass is 32.2. The van der Waals surface area contributed by atoms with Crippen LogP contribution >= 0.6 is 11.8 Å². The molecule has 1 aromatic carbocycles. The van der Waals surface area contributed by atoms with Crippen molar-refractivity contribution in [3.05, 3.63) is 30.5 Å². The second kappa shape index (κ2) is 8.84. The lowest BCUT2D eigenvalue weighted by Gasteiger charge is -2.20. The van der Waals surface area contributed by atoms with Gasteiger partial charge in [-0.05, 0) is 31.7 Å². The number of nitrogens with one attached hydrogen (secondary N) is 2. The molecule has 158 valence electrons. The summed E-state index contributed by atoms with van der Waals surface area (Å²) >= 11 is 1.51. The van der Waals surface area contributed by atoms with Crippen LogP contribution in [0.5, 0.6) is 0 Å². The minimum atomic E-state index is 0.115. The summed E-state index contributed by atoms with van der Waals surface area (Å²) in [4.78, 5) is 15.9. The van der Waals surface area contributed by atoms with Gasteiger partial charge >= 0.3 is 0 Å². The molecule has 0 aliphatic heterocycles. The Kier molecular flexibility index (Phi) is 5.79. The zero-order valence-electron chi connectivity index (χ0n) is 17.3. The molecule has 6 nitrogen and oxygen atoms in total. The van der Waals surface area contributed by atoms with E-state index >= 15 is 0 Å². The standard InChI is InChI=1S/C23H29N5OS/c29-21(25-16-8-4-2-1-3-5-9-16)15-30-23-27-26-22(28(23)17-12-13-17)19-14-24-20-11-7-6-10-18(19)20/h6-7,10-11,14,16-17,24H,1-5,8-9,12-13,15H2,(H,25,29). The van der Waals surface area contributed by atoms with Gasteiger partial charge < -0.3 is 10.3 Å². The van der Waals surface area contributed by atoms with Crippen molar-refractivity contribution in [3.8, 4) is 11.4 Å². The van der Waals surface area contributed by atoms with Crippen LogP contribution in [0, 0.1) is 0 Å². The van der Waals surface area contributed by atoms with Crippen LogP contribution in [0.4, 0.5) is 0 Å². The van der Waals surface area contributed by atoms with E-state index in [4.69, 9.17) is 0 Å². The molecule has 2 N–H and O–H groups in total. The van der Waals surface area contributed by atoms with Gasteiger partial charge in [-0.1, -0.05) is 62.1 Å². The summed E-state index contributed by atoms with van der Waals surface area (Å²) in [5.74, 6) is 1.41. The van der Waals surface area contributed by atoms with Crippen LogP contribution in [-0.4, -0.2) is 37.5 Å². The van der Waals surface area contributed by atoms with Crippen LogP contribution in [0.15, 0.2) is 35.6 Å². The Labute approximate surface area is 181 Å². The molecule has 2 heterocycles. The molecule has 2 aliphatic carbocycles. The maximum atomic E-state index is 12.6. The number of aromatic nitrogens is 4. The first-order valence-corrected chi connectivity index (χ1v) is 12.2. The molecule has 0 saturated heterocycles. The van der Waals surface area contributed by atoms with E-state index in [-0.39, 0.29) is 5.91 Å². The summed E-state index contributed by atoms with van der Waals surface area (Å²) in [6, 6.07) is 9.05. The lowest BCUT2D eigenvalue weighted by atomic mass is 9.97. The van der Waals surface area contributed by atoms with Crippen LogP contribution < -0.4 is 5.32 Å². The third-order valence-corrected chi connectivity index (χ3v) is 7.15. The van der Waals surface area contributed by atoms with Gasteiger partial charge in [0, 0.05) is 34.7 Å². The molecule has 5 rings (SSSR count). The van der Waals surface area contributed by atoms with Gasteiger partial charge in [-0.25, -0.2) is 0 Å². The number of rotatable bonds is 6. The Morgan fingerprint density at radius 3 is 2.63 bits per heavy atom. The van der Waals surface area contributed by atoms with Gasteiger partial charge in [0.2, 0.25) is 5.91 Å². The first kappa shape index (κ1) is 19.7. The fraction of sp³-hybridized carbons (Fsp3) is 0.522. The number of nitrogens with zero attached hydrogens (tertiary/aromatic N) is 3. The van der Waals surface area contributed by atoms with Crippen molar-refractivity contribution in [1.82, 2.24) is 25.1 Å². The predicted octanol–water partition coefficient (Wildman–Crippen LogP) is 5.08. The number of para-hydroxylation sites is 1. The van der Waals surface area contributed by atoms with Crippen molar-refractivity contribution in [1.29, 1.82) is 0 Å². The molecule has 2 saturated carbocycles. The average Bonchev–Trinajstić information content (AvgIpc) is 3.34. The van der Waals surface area contributed by atoms with Crippen molar-refractivity contribution < 1.29 is 4.79 Å². The smallest absolute Gasteiger partial charge is 0.230 e. The minimum absolute atomic E-state index is 0.115. The van der Waals surface area contributed by atoms with Gasteiger partial charge in [-0.2, -0.15) is 0 Å². The van der Waals surface area contributed by atoms with E-state index in [9.17, 15) is 4.79 Å². The minimum Gasteiger partial charge on any atom is -0.360 e. The number of hydrogen-bond donors (Lipinski definition) is 2. The number of carbonyl (C=O) groups excluding carboxylic acids is 1. The Morgan fingerprint density at radius 1 is 1.07 bits per heavy atom. The van der Waals surface area contributed by atoms with E-state index in [1.54, 1.807) is 0 Å². The second-order valence-corrected chi connectivity index (χ2v) is 9.50. The number of aromatic amines is 1.